The Labute approximate surface area is 136 Å². The molecule has 0 aliphatic heterocycles. The number of nitrogens with zero attached hydrogens (tertiary/aromatic N) is 5. The Balaban J connectivity index is 1.78. The Kier molecular flexibility index (Phi) is 3.45. The van der Waals surface area contributed by atoms with Gasteiger partial charge in [0.15, 0.2) is 5.16 Å². The van der Waals surface area contributed by atoms with Crippen molar-refractivity contribution in [2.45, 2.75) is 24.0 Å². The number of para-hydroxylation sites is 1. The van der Waals surface area contributed by atoms with Gasteiger partial charge < -0.3 is 5.32 Å². The Morgan fingerprint density at radius 2 is 2.17 bits per heavy atom. The zero-order chi connectivity index (χ0) is 15.8. The lowest BCUT2D eigenvalue weighted by Crippen LogP contribution is -2.18. The summed E-state index contributed by atoms with van der Waals surface area (Å²) in [5.74, 6) is 0.283. The third kappa shape index (κ3) is 2.65. The van der Waals surface area contributed by atoms with Gasteiger partial charge in [-0.25, -0.2) is 9.97 Å². The minimum Gasteiger partial charge on any atom is -0.367 e. The van der Waals surface area contributed by atoms with Crippen molar-refractivity contribution in [3.8, 4) is 0 Å². The first kappa shape index (κ1) is 14.1. The van der Waals surface area contributed by atoms with Crippen molar-refractivity contribution >= 4 is 34.5 Å². The number of rotatable bonds is 4. The SMILES string of the molecule is CSc1ncc(C(=O)n2nnc3ccccc32)c(NC2CC2)n1. The molecule has 0 saturated heterocycles. The highest BCUT2D eigenvalue weighted by Crippen LogP contribution is 2.27. The van der Waals surface area contributed by atoms with E-state index in [1.54, 1.807) is 6.20 Å². The first-order valence-electron chi connectivity index (χ1n) is 7.29. The van der Waals surface area contributed by atoms with Gasteiger partial charge in [0.05, 0.1) is 5.52 Å². The quantitative estimate of drug-likeness (QED) is 0.581. The number of benzene rings is 1. The minimum absolute atomic E-state index is 0.283. The summed E-state index contributed by atoms with van der Waals surface area (Å²) in [6.45, 7) is 0. The number of aromatic nitrogens is 5. The number of carbonyl (C=O) groups is 1. The molecule has 1 aliphatic rings. The van der Waals surface area contributed by atoms with Crippen LogP contribution >= 0.6 is 11.8 Å². The van der Waals surface area contributed by atoms with Gasteiger partial charge in [0, 0.05) is 12.2 Å². The van der Waals surface area contributed by atoms with Crippen molar-refractivity contribution in [1.29, 1.82) is 0 Å². The van der Waals surface area contributed by atoms with Gasteiger partial charge in [-0.1, -0.05) is 29.1 Å². The molecule has 8 heteroatoms. The zero-order valence-corrected chi connectivity index (χ0v) is 13.2. The second-order valence-electron chi connectivity index (χ2n) is 5.33. The van der Waals surface area contributed by atoms with Crippen LogP contribution in [0.25, 0.3) is 11.0 Å². The highest BCUT2D eigenvalue weighted by atomic mass is 32.2. The van der Waals surface area contributed by atoms with Crippen LogP contribution in [0.15, 0.2) is 35.6 Å². The van der Waals surface area contributed by atoms with Crippen molar-refractivity contribution < 1.29 is 4.79 Å². The fourth-order valence-electron chi connectivity index (χ4n) is 2.28. The maximum atomic E-state index is 12.9. The number of thioether (sulfide) groups is 1. The number of nitrogens with one attached hydrogen (secondary N) is 1. The van der Waals surface area contributed by atoms with Crippen LogP contribution in [0.3, 0.4) is 0 Å². The standard InChI is InChI=1S/C15H14N6OS/c1-23-15-16-8-10(13(18-15)17-9-6-7-9)14(22)21-12-5-3-2-4-11(12)19-20-21/h2-5,8-9H,6-7H2,1H3,(H,16,17,18). The van der Waals surface area contributed by atoms with Crippen molar-refractivity contribution in [2.75, 3.05) is 11.6 Å². The largest absolute Gasteiger partial charge is 0.367 e. The summed E-state index contributed by atoms with van der Waals surface area (Å²) in [4.78, 5) is 21.5. The van der Waals surface area contributed by atoms with Crippen LogP contribution in [0.1, 0.15) is 23.2 Å². The van der Waals surface area contributed by atoms with E-state index in [4.69, 9.17) is 0 Å². The molecule has 2 heterocycles. The lowest BCUT2D eigenvalue weighted by molar-refractivity contribution is 0.0948. The predicted molar refractivity (Wildman–Crippen MR) is 87.7 cm³/mol. The molecule has 116 valence electrons. The molecule has 1 fully saturated rings. The molecular weight excluding hydrogens is 312 g/mol. The fourth-order valence-corrected chi connectivity index (χ4v) is 2.63. The van der Waals surface area contributed by atoms with Crippen molar-refractivity contribution in [1.82, 2.24) is 25.0 Å². The van der Waals surface area contributed by atoms with Crippen molar-refractivity contribution in [3.05, 3.63) is 36.0 Å². The number of carbonyl (C=O) groups excluding carboxylic acids is 1. The molecule has 0 bridgehead atoms. The molecule has 0 atom stereocenters. The van der Waals surface area contributed by atoms with Crippen LogP contribution in [0, 0.1) is 0 Å². The molecule has 1 N–H and O–H groups in total. The topological polar surface area (TPSA) is 85.6 Å². The molecular formula is C15H14N6OS. The summed E-state index contributed by atoms with van der Waals surface area (Å²) in [6, 6.07) is 7.74. The summed E-state index contributed by atoms with van der Waals surface area (Å²) >= 11 is 1.44. The molecule has 0 amide bonds. The number of anilines is 1. The smallest absolute Gasteiger partial charge is 0.285 e. The predicted octanol–water partition coefficient (Wildman–Crippen LogP) is 2.21. The van der Waals surface area contributed by atoms with E-state index in [0.29, 0.717) is 33.6 Å². The average Bonchev–Trinajstić information content (AvgIpc) is 3.30. The van der Waals surface area contributed by atoms with E-state index in [2.05, 4.69) is 25.6 Å². The Morgan fingerprint density at radius 1 is 1.35 bits per heavy atom. The zero-order valence-electron chi connectivity index (χ0n) is 12.4. The normalized spacial score (nSPS) is 14.1. The molecule has 1 aromatic carbocycles. The van der Waals surface area contributed by atoms with Crippen LogP contribution in [0.5, 0.6) is 0 Å². The lowest BCUT2D eigenvalue weighted by atomic mass is 10.2. The summed E-state index contributed by atoms with van der Waals surface area (Å²) in [7, 11) is 0. The molecule has 1 saturated carbocycles. The highest BCUT2D eigenvalue weighted by molar-refractivity contribution is 7.98. The molecule has 0 radical (unpaired) electrons. The van der Waals surface area contributed by atoms with E-state index >= 15 is 0 Å². The number of hydrogen-bond donors (Lipinski definition) is 1. The van der Waals surface area contributed by atoms with Crippen molar-refractivity contribution in [2.24, 2.45) is 0 Å². The van der Waals surface area contributed by atoms with Gasteiger partial charge in [0.25, 0.3) is 5.91 Å². The lowest BCUT2D eigenvalue weighted by Gasteiger charge is -2.10. The average molecular weight is 326 g/mol. The van der Waals surface area contributed by atoms with E-state index in [1.807, 2.05) is 30.5 Å². The molecule has 2 aromatic heterocycles. The van der Waals surface area contributed by atoms with Crippen LogP contribution in [-0.4, -0.2) is 43.2 Å². The second-order valence-corrected chi connectivity index (χ2v) is 6.11. The Bertz CT molecular complexity index is 889. The van der Waals surface area contributed by atoms with E-state index in [0.717, 1.165) is 12.8 Å². The molecule has 4 rings (SSSR count). The maximum Gasteiger partial charge on any atom is 0.285 e. The van der Waals surface area contributed by atoms with Gasteiger partial charge >= 0.3 is 0 Å². The van der Waals surface area contributed by atoms with Crippen molar-refractivity contribution in [3.63, 3.8) is 0 Å². The van der Waals surface area contributed by atoms with Crippen LogP contribution < -0.4 is 5.32 Å². The van der Waals surface area contributed by atoms with Gasteiger partial charge in [-0.05, 0) is 31.2 Å². The van der Waals surface area contributed by atoms with Gasteiger partial charge in [-0.2, -0.15) is 4.68 Å². The molecule has 1 aliphatic carbocycles. The van der Waals surface area contributed by atoms with E-state index < -0.39 is 0 Å². The third-order valence-corrected chi connectivity index (χ3v) is 4.20. The molecule has 0 spiro atoms. The Hall–Kier alpha value is -2.48. The Morgan fingerprint density at radius 3 is 2.96 bits per heavy atom. The minimum atomic E-state index is -0.283. The second kappa shape index (κ2) is 5.62. The highest BCUT2D eigenvalue weighted by Gasteiger charge is 2.26. The number of hydrogen-bond acceptors (Lipinski definition) is 7. The van der Waals surface area contributed by atoms with E-state index in [-0.39, 0.29) is 5.91 Å². The number of fused-ring (bicyclic) bond motifs is 1. The summed E-state index contributed by atoms with van der Waals surface area (Å²) in [5.41, 5.74) is 1.76. The fraction of sp³-hybridized carbons (Fsp3) is 0.267. The maximum absolute atomic E-state index is 12.9. The molecule has 0 unspecified atom stereocenters. The molecule has 7 nitrogen and oxygen atoms in total. The third-order valence-electron chi connectivity index (χ3n) is 3.64. The van der Waals surface area contributed by atoms with Gasteiger partial charge in [-0.15, -0.1) is 5.10 Å². The van der Waals surface area contributed by atoms with Gasteiger partial charge in [0.1, 0.15) is 16.9 Å². The van der Waals surface area contributed by atoms with Crippen LogP contribution in [0.4, 0.5) is 5.82 Å². The monoisotopic (exact) mass is 326 g/mol. The van der Waals surface area contributed by atoms with Gasteiger partial charge in [-0.3, -0.25) is 4.79 Å². The van der Waals surface area contributed by atoms with Crippen LogP contribution in [0.2, 0.25) is 0 Å². The summed E-state index contributed by atoms with van der Waals surface area (Å²) in [5, 5.41) is 11.9. The first-order chi connectivity index (χ1) is 11.3. The van der Waals surface area contributed by atoms with Gasteiger partial charge in [0.2, 0.25) is 0 Å². The summed E-state index contributed by atoms with van der Waals surface area (Å²) in [6.07, 6.45) is 5.65. The van der Waals surface area contributed by atoms with Crippen LogP contribution in [-0.2, 0) is 0 Å². The van der Waals surface area contributed by atoms with E-state index in [1.165, 1.54) is 16.4 Å². The molecule has 23 heavy (non-hydrogen) atoms. The molecule has 3 aromatic rings. The summed E-state index contributed by atoms with van der Waals surface area (Å²) < 4.78 is 1.30. The van der Waals surface area contributed by atoms with E-state index in [9.17, 15) is 4.79 Å². The first-order valence-corrected chi connectivity index (χ1v) is 8.51.